The predicted octanol–water partition coefficient (Wildman–Crippen LogP) is 1.14. The Hall–Kier alpha value is -1.89. The van der Waals surface area contributed by atoms with Crippen LogP contribution in [0.3, 0.4) is 0 Å². The molecule has 1 aromatic rings. The molecule has 0 saturated carbocycles. The number of hydrogen-bond acceptors (Lipinski definition) is 4. The molecule has 6 nitrogen and oxygen atoms in total. The van der Waals surface area contributed by atoms with Crippen LogP contribution in [0.1, 0.15) is 25.3 Å². The van der Waals surface area contributed by atoms with E-state index in [9.17, 15) is 23.1 Å². The van der Waals surface area contributed by atoms with Gasteiger partial charge < -0.3 is 10.0 Å². The van der Waals surface area contributed by atoms with Gasteiger partial charge in [-0.25, -0.2) is 8.42 Å². The Labute approximate surface area is 136 Å². The normalized spacial score (nSPS) is 22.1. The maximum atomic E-state index is 12.6. The van der Waals surface area contributed by atoms with E-state index in [1.807, 2.05) is 30.3 Å². The highest BCUT2D eigenvalue weighted by Crippen LogP contribution is 2.34. The molecule has 0 unspecified atom stereocenters. The zero-order valence-electron chi connectivity index (χ0n) is 13.4. The zero-order valence-corrected chi connectivity index (χ0v) is 14.2. The molecule has 0 aromatic heterocycles. The Kier molecular flexibility index (Phi) is 4.52. The maximum Gasteiger partial charge on any atom is 0.308 e. The third kappa shape index (κ3) is 3.24. The molecule has 1 saturated heterocycles. The first kappa shape index (κ1) is 17.5. The second kappa shape index (κ2) is 5.96. The maximum absolute atomic E-state index is 12.6. The Morgan fingerprint density at radius 2 is 1.74 bits per heavy atom. The lowest BCUT2D eigenvalue weighted by molar-refractivity contribution is -0.142. The molecule has 1 heterocycles. The van der Waals surface area contributed by atoms with Gasteiger partial charge in [-0.1, -0.05) is 30.3 Å². The number of likely N-dealkylation sites (tertiary alicyclic amines) is 1. The number of carbonyl (C=O) groups is 2. The van der Waals surface area contributed by atoms with Crippen molar-refractivity contribution >= 4 is 21.7 Å². The Bertz CT molecular complexity index is 711. The average Bonchev–Trinajstić information content (AvgIpc) is 2.91. The number of carboxylic acid groups (broad SMARTS) is 1. The van der Waals surface area contributed by atoms with E-state index in [-0.39, 0.29) is 19.0 Å². The third-order valence-electron chi connectivity index (χ3n) is 4.59. The largest absolute Gasteiger partial charge is 0.481 e. The molecular formula is C16H21NO5S. The minimum Gasteiger partial charge on any atom is -0.481 e. The number of benzene rings is 1. The van der Waals surface area contributed by atoms with Crippen molar-refractivity contribution in [3.63, 3.8) is 0 Å². The van der Waals surface area contributed by atoms with E-state index in [0.717, 1.165) is 11.8 Å². The van der Waals surface area contributed by atoms with Crippen molar-refractivity contribution in [2.24, 2.45) is 5.92 Å². The molecule has 7 heteroatoms. The van der Waals surface area contributed by atoms with E-state index >= 15 is 0 Å². The van der Waals surface area contributed by atoms with Gasteiger partial charge in [0.25, 0.3) is 0 Å². The fourth-order valence-electron chi connectivity index (χ4n) is 2.80. The van der Waals surface area contributed by atoms with Crippen LogP contribution < -0.4 is 0 Å². The van der Waals surface area contributed by atoms with Gasteiger partial charge in [0.05, 0.1) is 5.92 Å². The van der Waals surface area contributed by atoms with Gasteiger partial charge in [-0.05, 0) is 19.4 Å². The van der Waals surface area contributed by atoms with Crippen molar-refractivity contribution < 1.29 is 23.1 Å². The van der Waals surface area contributed by atoms with Gasteiger partial charge >= 0.3 is 5.97 Å². The van der Waals surface area contributed by atoms with Gasteiger partial charge in [0, 0.05) is 25.3 Å². The van der Waals surface area contributed by atoms with Crippen LogP contribution >= 0.6 is 0 Å². The van der Waals surface area contributed by atoms with Crippen molar-refractivity contribution in [1.82, 2.24) is 4.90 Å². The number of sulfone groups is 1. The van der Waals surface area contributed by atoms with Crippen LogP contribution in [0.15, 0.2) is 30.3 Å². The van der Waals surface area contributed by atoms with E-state index in [4.69, 9.17) is 0 Å². The lowest BCUT2D eigenvalue weighted by atomic mass is 9.89. The van der Waals surface area contributed by atoms with Gasteiger partial charge in [-0.15, -0.1) is 0 Å². The van der Waals surface area contributed by atoms with Crippen molar-refractivity contribution in [2.45, 2.75) is 24.5 Å². The average molecular weight is 339 g/mol. The third-order valence-corrected chi connectivity index (χ3v) is 6.62. The zero-order chi connectivity index (χ0) is 17.4. The first-order chi connectivity index (χ1) is 10.6. The van der Waals surface area contributed by atoms with Crippen LogP contribution in [-0.2, 0) is 19.4 Å². The summed E-state index contributed by atoms with van der Waals surface area (Å²) >= 11 is 0. The summed E-state index contributed by atoms with van der Waals surface area (Å²) in [5.74, 6) is -2.61. The van der Waals surface area contributed by atoms with Crippen LogP contribution in [0.25, 0.3) is 0 Å². The molecule has 1 amide bonds. The molecule has 0 spiro atoms. The van der Waals surface area contributed by atoms with Crippen LogP contribution in [0.2, 0.25) is 0 Å². The van der Waals surface area contributed by atoms with Gasteiger partial charge in [0.15, 0.2) is 9.84 Å². The second-order valence-electron chi connectivity index (χ2n) is 6.45. The quantitative estimate of drug-likeness (QED) is 0.888. The number of hydrogen-bond donors (Lipinski definition) is 1. The Morgan fingerprint density at radius 3 is 2.22 bits per heavy atom. The van der Waals surface area contributed by atoms with Gasteiger partial charge in [0.2, 0.25) is 5.91 Å². The second-order valence-corrected chi connectivity index (χ2v) is 9.02. The summed E-state index contributed by atoms with van der Waals surface area (Å²) in [6.45, 7) is 2.94. The monoisotopic (exact) mass is 339 g/mol. The predicted molar refractivity (Wildman–Crippen MR) is 85.8 cm³/mol. The van der Waals surface area contributed by atoms with Gasteiger partial charge in [-0.2, -0.15) is 0 Å². The SMILES string of the molecule is CC(C)(C(=O)N1C[C@H](C(=O)O)[C@H](c2ccccc2)C1)S(C)(=O)=O. The first-order valence-corrected chi connectivity index (χ1v) is 9.21. The number of aliphatic carboxylic acids is 1. The Balaban J connectivity index is 2.31. The lowest BCUT2D eigenvalue weighted by Crippen LogP contribution is -2.49. The Morgan fingerprint density at radius 1 is 1.17 bits per heavy atom. The highest BCUT2D eigenvalue weighted by Gasteiger charge is 2.47. The molecule has 1 aromatic carbocycles. The van der Waals surface area contributed by atoms with Crippen LogP contribution in [0.5, 0.6) is 0 Å². The minimum absolute atomic E-state index is 0.0205. The summed E-state index contributed by atoms with van der Waals surface area (Å²) in [5.41, 5.74) is 0.840. The van der Waals surface area contributed by atoms with Crippen LogP contribution in [0.4, 0.5) is 0 Å². The molecule has 2 rings (SSSR count). The molecule has 1 N–H and O–H groups in total. The molecule has 2 atom stereocenters. The first-order valence-electron chi connectivity index (χ1n) is 7.32. The topological polar surface area (TPSA) is 91.8 Å². The summed E-state index contributed by atoms with van der Waals surface area (Å²) < 4.78 is 22.1. The fraction of sp³-hybridized carbons (Fsp3) is 0.500. The number of rotatable bonds is 4. The highest BCUT2D eigenvalue weighted by atomic mass is 32.2. The molecule has 126 valence electrons. The van der Waals surface area contributed by atoms with E-state index in [1.165, 1.54) is 18.7 Å². The molecule has 1 aliphatic rings. The number of nitrogens with zero attached hydrogens (tertiary/aromatic N) is 1. The minimum atomic E-state index is -3.60. The van der Waals surface area contributed by atoms with E-state index < -0.39 is 32.4 Å². The summed E-state index contributed by atoms with van der Waals surface area (Å²) in [7, 11) is -3.60. The molecule has 0 bridgehead atoms. The summed E-state index contributed by atoms with van der Waals surface area (Å²) in [5, 5.41) is 9.45. The standard InChI is InChI=1S/C16H21NO5S/c1-16(2,23(3,21)22)15(20)17-9-12(13(10-17)14(18)19)11-7-5-4-6-8-11/h4-8,12-13H,9-10H2,1-3H3,(H,18,19)/t12-,13-/m0/s1. The van der Waals surface area contributed by atoms with Crippen molar-refractivity contribution in [2.75, 3.05) is 19.3 Å². The fourth-order valence-corrected chi connectivity index (χ4v) is 3.24. The van der Waals surface area contributed by atoms with E-state index in [1.54, 1.807) is 0 Å². The molecular weight excluding hydrogens is 318 g/mol. The molecule has 1 fully saturated rings. The lowest BCUT2D eigenvalue weighted by Gasteiger charge is -2.27. The van der Waals surface area contributed by atoms with Gasteiger partial charge in [-0.3, -0.25) is 9.59 Å². The molecule has 0 aliphatic carbocycles. The summed E-state index contributed by atoms with van der Waals surface area (Å²) in [6, 6.07) is 9.13. The van der Waals surface area contributed by atoms with Gasteiger partial charge in [0.1, 0.15) is 4.75 Å². The number of amides is 1. The van der Waals surface area contributed by atoms with E-state index in [0.29, 0.717) is 0 Å². The summed E-state index contributed by atoms with van der Waals surface area (Å²) in [4.78, 5) is 25.5. The smallest absolute Gasteiger partial charge is 0.308 e. The highest BCUT2D eigenvalue weighted by molar-refractivity contribution is 7.92. The summed E-state index contributed by atoms with van der Waals surface area (Å²) in [6.07, 6.45) is 1.02. The number of carboxylic acids is 1. The molecule has 1 aliphatic heterocycles. The van der Waals surface area contributed by atoms with Crippen molar-refractivity contribution in [1.29, 1.82) is 0 Å². The van der Waals surface area contributed by atoms with Crippen molar-refractivity contribution in [3.8, 4) is 0 Å². The number of carbonyl (C=O) groups excluding carboxylic acids is 1. The molecule has 0 radical (unpaired) electrons. The van der Waals surface area contributed by atoms with E-state index in [2.05, 4.69) is 0 Å². The van der Waals surface area contributed by atoms with Crippen LogP contribution in [-0.4, -0.2) is 54.4 Å². The van der Waals surface area contributed by atoms with Crippen molar-refractivity contribution in [3.05, 3.63) is 35.9 Å². The molecule has 23 heavy (non-hydrogen) atoms. The van der Waals surface area contributed by atoms with Crippen LogP contribution in [0, 0.1) is 5.92 Å².